The Hall–Kier alpha value is -1.87. The van der Waals surface area contributed by atoms with Gasteiger partial charge in [0.25, 0.3) is 0 Å². The van der Waals surface area contributed by atoms with E-state index in [-0.39, 0.29) is 5.75 Å². The lowest BCUT2D eigenvalue weighted by molar-refractivity contribution is 0.0568. The van der Waals surface area contributed by atoms with Crippen LogP contribution in [0.2, 0.25) is 0 Å². The summed E-state index contributed by atoms with van der Waals surface area (Å²) in [5.74, 6) is -0.197. The Bertz CT molecular complexity index is 648. The molecule has 0 saturated heterocycles. The Balaban J connectivity index is 2.32. The predicted molar refractivity (Wildman–Crippen MR) is 82.1 cm³/mol. The molecule has 0 aliphatic rings. The van der Waals surface area contributed by atoms with Crippen molar-refractivity contribution in [2.45, 2.75) is 32.8 Å². The number of aliphatic hydroxyl groups is 1. The van der Waals surface area contributed by atoms with E-state index < -0.39 is 11.4 Å². The van der Waals surface area contributed by atoms with Crippen molar-refractivity contribution in [3.63, 3.8) is 0 Å². The van der Waals surface area contributed by atoms with Crippen LogP contribution in [0, 0.1) is 19.7 Å². The zero-order valence-electron chi connectivity index (χ0n) is 12.9. The largest absolute Gasteiger partial charge is 0.494 e. The van der Waals surface area contributed by atoms with E-state index in [0.717, 1.165) is 22.3 Å². The number of methoxy groups -OCH3 is 1. The van der Waals surface area contributed by atoms with Crippen LogP contribution in [-0.2, 0) is 12.0 Å². The van der Waals surface area contributed by atoms with Gasteiger partial charge in [0.2, 0.25) is 0 Å². The monoisotopic (exact) mass is 288 g/mol. The number of hydrogen-bond acceptors (Lipinski definition) is 2. The van der Waals surface area contributed by atoms with Gasteiger partial charge in [-0.15, -0.1) is 0 Å². The number of halogens is 1. The Morgan fingerprint density at radius 2 is 1.86 bits per heavy atom. The highest BCUT2D eigenvalue weighted by Gasteiger charge is 2.26. The molecule has 21 heavy (non-hydrogen) atoms. The van der Waals surface area contributed by atoms with E-state index in [2.05, 4.69) is 0 Å². The first kappa shape index (κ1) is 15.5. The van der Waals surface area contributed by atoms with Gasteiger partial charge in [0, 0.05) is 6.42 Å². The fourth-order valence-electron chi connectivity index (χ4n) is 2.63. The number of rotatable bonds is 4. The van der Waals surface area contributed by atoms with Crippen LogP contribution in [0.1, 0.15) is 29.2 Å². The summed E-state index contributed by atoms with van der Waals surface area (Å²) in [6, 6.07) is 10.8. The molecule has 1 atom stereocenters. The quantitative estimate of drug-likeness (QED) is 0.924. The van der Waals surface area contributed by atoms with Gasteiger partial charge in [0.1, 0.15) is 0 Å². The molecular formula is C18H21FO2. The maximum atomic E-state index is 13.8. The van der Waals surface area contributed by atoms with E-state index in [1.165, 1.54) is 13.2 Å². The summed E-state index contributed by atoms with van der Waals surface area (Å²) in [6.07, 6.45) is 0.345. The van der Waals surface area contributed by atoms with Gasteiger partial charge in [-0.2, -0.15) is 0 Å². The minimum absolute atomic E-state index is 0.213. The summed E-state index contributed by atoms with van der Waals surface area (Å²) in [4.78, 5) is 0. The predicted octanol–water partition coefficient (Wildman–Crippen LogP) is 3.90. The lowest BCUT2D eigenvalue weighted by atomic mass is 9.85. The summed E-state index contributed by atoms with van der Waals surface area (Å²) in [6.45, 7) is 5.72. The molecule has 2 nitrogen and oxygen atoms in total. The molecule has 2 aromatic rings. The minimum Gasteiger partial charge on any atom is -0.494 e. The van der Waals surface area contributed by atoms with Gasteiger partial charge in [-0.1, -0.05) is 29.8 Å². The first-order chi connectivity index (χ1) is 9.83. The average molecular weight is 288 g/mol. The molecular weight excluding hydrogens is 267 g/mol. The molecule has 0 amide bonds. The van der Waals surface area contributed by atoms with Crippen LogP contribution in [0.25, 0.3) is 0 Å². The van der Waals surface area contributed by atoms with Gasteiger partial charge in [0.05, 0.1) is 12.7 Å². The molecule has 0 heterocycles. The van der Waals surface area contributed by atoms with Gasteiger partial charge < -0.3 is 9.84 Å². The summed E-state index contributed by atoms with van der Waals surface area (Å²) in [7, 11) is 1.43. The minimum atomic E-state index is -1.04. The van der Waals surface area contributed by atoms with Crippen molar-refractivity contribution >= 4 is 0 Å². The second kappa shape index (κ2) is 5.86. The first-order valence-corrected chi connectivity index (χ1v) is 6.96. The molecule has 0 bridgehead atoms. The first-order valence-electron chi connectivity index (χ1n) is 6.96. The molecule has 3 heteroatoms. The van der Waals surface area contributed by atoms with Crippen LogP contribution in [0.5, 0.6) is 5.75 Å². The molecule has 1 unspecified atom stereocenters. The Kier molecular flexibility index (Phi) is 4.33. The van der Waals surface area contributed by atoms with Crippen molar-refractivity contribution in [1.82, 2.24) is 0 Å². The van der Waals surface area contributed by atoms with E-state index in [4.69, 9.17) is 4.74 Å². The Morgan fingerprint density at radius 1 is 1.14 bits per heavy atom. The van der Waals surface area contributed by atoms with Crippen molar-refractivity contribution < 1.29 is 14.2 Å². The second-order valence-corrected chi connectivity index (χ2v) is 5.74. The lowest BCUT2D eigenvalue weighted by Gasteiger charge is -2.26. The molecule has 2 rings (SSSR count). The molecule has 1 N–H and O–H groups in total. The van der Waals surface area contributed by atoms with Gasteiger partial charge >= 0.3 is 0 Å². The molecule has 0 radical (unpaired) electrons. The van der Waals surface area contributed by atoms with Crippen molar-refractivity contribution in [3.8, 4) is 5.75 Å². The van der Waals surface area contributed by atoms with E-state index in [1.54, 1.807) is 19.1 Å². The van der Waals surface area contributed by atoms with Crippen molar-refractivity contribution in [2.24, 2.45) is 0 Å². The van der Waals surface area contributed by atoms with E-state index in [9.17, 15) is 9.50 Å². The van der Waals surface area contributed by atoms with Crippen LogP contribution in [0.15, 0.2) is 36.4 Å². The van der Waals surface area contributed by atoms with Gasteiger partial charge in [-0.05, 0) is 49.6 Å². The normalized spacial score (nSPS) is 13.8. The zero-order valence-corrected chi connectivity index (χ0v) is 12.9. The third-order valence-corrected chi connectivity index (χ3v) is 3.74. The SMILES string of the molecule is COc1ccc(CC(C)(O)c2cc(C)ccc2C)cc1F. The maximum absolute atomic E-state index is 13.8. The third kappa shape index (κ3) is 3.42. The van der Waals surface area contributed by atoms with E-state index >= 15 is 0 Å². The molecule has 0 spiro atoms. The Morgan fingerprint density at radius 3 is 2.48 bits per heavy atom. The summed E-state index contributed by atoms with van der Waals surface area (Å²) >= 11 is 0. The van der Waals surface area contributed by atoms with E-state index in [1.807, 2.05) is 32.0 Å². The lowest BCUT2D eigenvalue weighted by Crippen LogP contribution is -2.25. The average Bonchev–Trinajstić information content (AvgIpc) is 2.41. The molecule has 2 aromatic carbocycles. The van der Waals surface area contributed by atoms with Crippen LogP contribution < -0.4 is 4.74 Å². The smallest absolute Gasteiger partial charge is 0.165 e. The molecule has 0 aliphatic heterocycles. The fourth-order valence-corrected chi connectivity index (χ4v) is 2.63. The third-order valence-electron chi connectivity index (χ3n) is 3.74. The van der Waals surface area contributed by atoms with Crippen LogP contribution in [0.3, 0.4) is 0 Å². The van der Waals surface area contributed by atoms with Gasteiger partial charge in [0.15, 0.2) is 11.6 Å². The number of benzene rings is 2. The summed E-state index contributed by atoms with van der Waals surface area (Å²) < 4.78 is 18.7. The second-order valence-electron chi connectivity index (χ2n) is 5.74. The number of aryl methyl sites for hydroxylation is 2. The standard InChI is InChI=1S/C18H21FO2/c1-12-5-6-13(2)15(9-12)18(3,20)11-14-7-8-17(21-4)16(19)10-14/h5-10,20H,11H2,1-4H3. The number of hydrogen-bond donors (Lipinski definition) is 1. The highest BCUT2D eigenvalue weighted by atomic mass is 19.1. The maximum Gasteiger partial charge on any atom is 0.165 e. The highest BCUT2D eigenvalue weighted by Crippen LogP contribution is 2.30. The topological polar surface area (TPSA) is 29.5 Å². The number of ether oxygens (including phenoxy) is 1. The Labute approximate surface area is 125 Å². The van der Waals surface area contributed by atoms with E-state index in [0.29, 0.717) is 6.42 Å². The summed E-state index contributed by atoms with van der Waals surface area (Å²) in [5, 5.41) is 10.8. The molecule has 0 aromatic heterocycles. The van der Waals surface area contributed by atoms with Gasteiger partial charge in [-0.25, -0.2) is 4.39 Å². The van der Waals surface area contributed by atoms with Crippen molar-refractivity contribution in [2.75, 3.05) is 7.11 Å². The van der Waals surface area contributed by atoms with Crippen LogP contribution in [0.4, 0.5) is 4.39 Å². The fraction of sp³-hybridized carbons (Fsp3) is 0.333. The van der Waals surface area contributed by atoms with Gasteiger partial charge in [-0.3, -0.25) is 0 Å². The van der Waals surface area contributed by atoms with Crippen molar-refractivity contribution in [3.05, 3.63) is 64.5 Å². The molecule has 0 saturated carbocycles. The molecule has 0 aliphatic carbocycles. The van der Waals surface area contributed by atoms with Crippen molar-refractivity contribution in [1.29, 1.82) is 0 Å². The summed E-state index contributed by atoms with van der Waals surface area (Å²) in [5.41, 5.74) is 2.69. The molecule has 112 valence electrons. The van der Waals surface area contributed by atoms with Crippen LogP contribution >= 0.6 is 0 Å². The van der Waals surface area contributed by atoms with Crippen LogP contribution in [-0.4, -0.2) is 12.2 Å². The highest BCUT2D eigenvalue weighted by molar-refractivity contribution is 5.37. The molecule has 0 fully saturated rings. The zero-order chi connectivity index (χ0) is 15.6.